The Kier molecular flexibility index (Phi) is 6.71. The van der Waals surface area contributed by atoms with Crippen molar-refractivity contribution in [2.45, 2.75) is 32.1 Å². The lowest BCUT2D eigenvalue weighted by molar-refractivity contribution is -0.118. The molecule has 0 bridgehead atoms. The second-order valence-corrected chi connectivity index (χ2v) is 6.26. The van der Waals surface area contributed by atoms with Crippen molar-refractivity contribution in [2.75, 3.05) is 33.9 Å². The van der Waals surface area contributed by atoms with Crippen LogP contribution in [-0.2, 0) is 11.2 Å². The summed E-state index contributed by atoms with van der Waals surface area (Å²) < 4.78 is 10.7. The van der Waals surface area contributed by atoms with E-state index in [0.717, 1.165) is 43.5 Å². The summed E-state index contributed by atoms with van der Waals surface area (Å²) in [6.45, 7) is 2.94. The molecule has 0 saturated carbocycles. The van der Waals surface area contributed by atoms with E-state index >= 15 is 0 Å². The van der Waals surface area contributed by atoms with Crippen molar-refractivity contribution in [1.82, 2.24) is 4.90 Å². The van der Waals surface area contributed by atoms with Crippen LogP contribution >= 0.6 is 0 Å². The summed E-state index contributed by atoms with van der Waals surface area (Å²) in [6, 6.07) is 6.08. The van der Waals surface area contributed by atoms with Crippen molar-refractivity contribution in [3.05, 3.63) is 23.8 Å². The van der Waals surface area contributed by atoms with Crippen LogP contribution in [0.25, 0.3) is 0 Å². The number of nitrogens with two attached hydrogens (primary N) is 1. The second-order valence-electron chi connectivity index (χ2n) is 6.26. The SMILES string of the molecule is COc1cc(CCC2CCN(CCC(N)=O)CC2)cc(OC)c1. The van der Waals surface area contributed by atoms with E-state index in [4.69, 9.17) is 15.2 Å². The van der Waals surface area contributed by atoms with E-state index in [-0.39, 0.29) is 5.91 Å². The highest BCUT2D eigenvalue weighted by molar-refractivity contribution is 5.73. The number of likely N-dealkylation sites (tertiary alicyclic amines) is 1. The molecule has 0 aliphatic carbocycles. The zero-order chi connectivity index (χ0) is 16.7. The van der Waals surface area contributed by atoms with E-state index in [2.05, 4.69) is 17.0 Å². The largest absolute Gasteiger partial charge is 0.497 e. The Bertz CT molecular complexity index is 489. The molecule has 0 spiro atoms. The molecule has 1 amide bonds. The minimum Gasteiger partial charge on any atom is -0.497 e. The smallest absolute Gasteiger partial charge is 0.218 e. The second kappa shape index (κ2) is 8.77. The lowest BCUT2D eigenvalue weighted by atomic mass is 9.90. The van der Waals surface area contributed by atoms with Gasteiger partial charge >= 0.3 is 0 Å². The summed E-state index contributed by atoms with van der Waals surface area (Å²) in [4.78, 5) is 13.2. The van der Waals surface area contributed by atoms with E-state index < -0.39 is 0 Å². The molecule has 1 aliphatic rings. The van der Waals surface area contributed by atoms with Crippen LogP contribution in [0.2, 0.25) is 0 Å². The van der Waals surface area contributed by atoms with Gasteiger partial charge < -0.3 is 20.1 Å². The molecule has 128 valence electrons. The molecule has 1 heterocycles. The number of benzene rings is 1. The number of nitrogens with zero attached hydrogens (tertiary/aromatic N) is 1. The van der Waals surface area contributed by atoms with Crippen LogP contribution in [0.15, 0.2) is 18.2 Å². The minimum atomic E-state index is -0.209. The maximum atomic E-state index is 10.8. The molecule has 0 aromatic heterocycles. The fourth-order valence-electron chi connectivity index (χ4n) is 3.15. The zero-order valence-electron chi connectivity index (χ0n) is 14.2. The highest BCUT2D eigenvalue weighted by atomic mass is 16.5. The van der Waals surface area contributed by atoms with Crippen molar-refractivity contribution in [1.29, 1.82) is 0 Å². The van der Waals surface area contributed by atoms with Gasteiger partial charge in [-0.25, -0.2) is 0 Å². The highest BCUT2D eigenvalue weighted by Crippen LogP contribution is 2.26. The first-order valence-corrected chi connectivity index (χ1v) is 8.33. The van der Waals surface area contributed by atoms with Crippen molar-refractivity contribution in [2.24, 2.45) is 11.7 Å². The molecule has 0 atom stereocenters. The number of carbonyl (C=O) groups excluding carboxylic acids is 1. The van der Waals surface area contributed by atoms with Crippen molar-refractivity contribution in [3.8, 4) is 11.5 Å². The molecule has 1 aromatic rings. The predicted molar refractivity (Wildman–Crippen MR) is 90.8 cm³/mol. The Hall–Kier alpha value is -1.75. The van der Waals surface area contributed by atoms with E-state index in [1.165, 1.54) is 24.8 Å². The van der Waals surface area contributed by atoms with Crippen molar-refractivity contribution >= 4 is 5.91 Å². The first-order valence-electron chi connectivity index (χ1n) is 8.33. The summed E-state index contributed by atoms with van der Waals surface area (Å²) >= 11 is 0. The number of hydrogen-bond donors (Lipinski definition) is 1. The number of primary amides is 1. The van der Waals surface area contributed by atoms with Gasteiger partial charge in [-0.2, -0.15) is 0 Å². The third-order valence-electron chi connectivity index (χ3n) is 4.63. The fourth-order valence-corrected chi connectivity index (χ4v) is 3.15. The fraction of sp³-hybridized carbons (Fsp3) is 0.611. The summed E-state index contributed by atoms with van der Waals surface area (Å²) in [6.07, 6.45) is 5.08. The number of rotatable bonds is 8. The van der Waals surface area contributed by atoms with Gasteiger partial charge in [0.1, 0.15) is 11.5 Å². The molecule has 2 rings (SSSR count). The van der Waals surface area contributed by atoms with Gasteiger partial charge in [0.05, 0.1) is 14.2 Å². The quantitative estimate of drug-likeness (QED) is 0.798. The third-order valence-corrected chi connectivity index (χ3v) is 4.63. The number of methoxy groups -OCH3 is 2. The average molecular weight is 320 g/mol. The molecule has 1 aliphatic heterocycles. The Morgan fingerprint density at radius 3 is 2.30 bits per heavy atom. The van der Waals surface area contributed by atoms with Crippen LogP contribution in [0.5, 0.6) is 11.5 Å². The van der Waals surface area contributed by atoms with Gasteiger partial charge in [-0.1, -0.05) is 0 Å². The van der Waals surface area contributed by atoms with Crippen molar-refractivity contribution < 1.29 is 14.3 Å². The number of aryl methyl sites for hydroxylation is 1. The molecule has 0 unspecified atom stereocenters. The standard InChI is InChI=1S/C18H28N2O3/c1-22-16-11-15(12-17(13-16)23-2)4-3-14-5-8-20(9-6-14)10-7-18(19)21/h11-14H,3-10H2,1-2H3,(H2,19,21). The summed E-state index contributed by atoms with van der Waals surface area (Å²) in [5.74, 6) is 2.23. The molecular formula is C18H28N2O3. The summed E-state index contributed by atoms with van der Waals surface area (Å²) in [5, 5.41) is 0. The van der Waals surface area contributed by atoms with E-state index in [1.54, 1.807) is 14.2 Å². The molecule has 5 heteroatoms. The van der Waals surface area contributed by atoms with Crippen molar-refractivity contribution in [3.63, 3.8) is 0 Å². The molecule has 2 N–H and O–H groups in total. The Morgan fingerprint density at radius 2 is 1.78 bits per heavy atom. The summed E-state index contributed by atoms with van der Waals surface area (Å²) in [5.41, 5.74) is 6.47. The van der Waals surface area contributed by atoms with Crippen LogP contribution in [0.1, 0.15) is 31.2 Å². The van der Waals surface area contributed by atoms with Crippen LogP contribution in [0.4, 0.5) is 0 Å². The first kappa shape index (κ1) is 17.6. The third kappa shape index (κ3) is 5.75. The average Bonchev–Trinajstić information content (AvgIpc) is 2.58. The van der Waals surface area contributed by atoms with Gasteiger partial charge in [0.15, 0.2) is 0 Å². The number of piperidine rings is 1. The maximum Gasteiger partial charge on any atom is 0.218 e. The lowest BCUT2D eigenvalue weighted by Crippen LogP contribution is -2.36. The van der Waals surface area contributed by atoms with Gasteiger partial charge in [0, 0.05) is 19.0 Å². The highest BCUT2D eigenvalue weighted by Gasteiger charge is 2.19. The maximum absolute atomic E-state index is 10.8. The first-order chi connectivity index (χ1) is 11.1. The number of ether oxygens (including phenoxy) is 2. The van der Waals surface area contributed by atoms with E-state index in [1.807, 2.05) is 6.07 Å². The predicted octanol–water partition coefficient (Wildman–Crippen LogP) is 2.22. The van der Waals surface area contributed by atoms with Crippen LogP contribution in [-0.4, -0.2) is 44.7 Å². The Labute approximate surface area is 138 Å². The molecule has 1 fully saturated rings. The Balaban J connectivity index is 1.78. The van der Waals surface area contributed by atoms with Crippen LogP contribution in [0, 0.1) is 5.92 Å². The number of hydrogen-bond acceptors (Lipinski definition) is 4. The summed E-state index contributed by atoms with van der Waals surface area (Å²) in [7, 11) is 3.36. The topological polar surface area (TPSA) is 64.8 Å². The van der Waals surface area contributed by atoms with Gasteiger partial charge in [0.25, 0.3) is 0 Å². The Morgan fingerprint density at radius 1 is 1.17 bits per heavy atom. The molecule has 0 radical (unpaired) electrons. The molecule has 5 nitrogen and oxygen atoms in total. The van der Waals surface area contributed by atoms with E-state index in [0.29, 0.717) is 6.42 Å². The molecule has 1 saturated heterocycles. The molecule has 23 heavy (non-hydrogen) atoms. The van der Waals surface area contributed by atoms with Gasteiger partial charge in [0.2, 0.25) is 5.91 Å². The van der Waals surface area contributed by atoms with Crippen LogP contribution in [0.3, 0.4) is 0 Å². The van der Waals surface area contributed by atoms with Gasteiger partial charge in [-0.3, -0.25) is 4.79 Å². The number of carbonyl (C=O) groups is 1. The minimum absolute atomic E-state index is 0.209. The molecule has 1 aromatic carbocycles. The monoisotopic (exact) mass is 320 g/mol. The van der Waals surface area contributed by atoms with E-state index in [9.17, 15) is 4.79 Å². The lowest BCUT2D eigenvalue weighted by Gasteiger charge is -2.31. The number of amides is 1. The molecular weight excluding hydrogens is 292 g/mol. The van der Waals surface area contributed by atoms with Gasteiger partial charge in [-0.05, 0) is 62.4 Å². The van der Waals surface area contributed by atoms with Crippen LogP contribution < -0.4 is 15.2 Å². The normalized spacial score (nSPS) is 16.3. The zero-order valence-corrected chi connectivity index (χ0v) is 14.2. The van der Waals surface area contributed by atoms with Gasteiger partial charge in [-0.15, -0.1) is 0 Å².